The molecule has 1 atom stereocenters. The summed E-state index contributed by atoms with van der Waals surface area (Å²) in [5, 5.41) is 1.07. The van der Waals surface area contributed by atoms with E-state index in [0.717, 1.165) is 33.6 Å². The number of aromatic nitrogens is 1. The van der Waals surface area contributed by atoms with Gasteiger partial charge in [-0.15, -0.1) is 11.3 Å². The van der Waals surface area contributed by atoms with E-state index in [1.165, 1.54) is 12.1 Å². The second-order valence-corrected chi connectivity index (χ2v) is 11.3. The number of hydrogen-bond donors (Lipinski definition) is 1. The fraction of sp³-hybridized carbons (Fsp3) is 0.231. The molecule has 1 unspecified atom stereocenters. The zero-order valence-electron chi connectivity index (χ0n) is 18.8. The molecular formula is C26H25N3O3S2. The van der Waals surface area contributed by atoms with Crippen molar-refractivity contribution in [1.29, 1.82) is 0 Å². The Morgan fingerprint density at radius 2 is 1.76 bits per heavy atom. The van der Waals surface area contributed by atoms with E-state index in [9.17, 15) is 13.2 Å². The Kier molecular flexibility index (Phi) is 6.10. The van der Waals surface area contributed by atoms with Crippen LogP contribution in [0.3, 0.4) is 0 Å². The van der Waals surface area contributed by atoms with Crippen molar-refractivity contribution in [2.24, 2.45) is 0 Å². The molecule has 1 aromatic heterocycles. The van der Waals surface area contributed by atoms with Crippen molar-refractivity contribution >= 4 is 43.2 Å². The molecule has 6 nitrogen and oxygen atoms in total. The van der Waals surface area contributed by atoms with Crippen molar-refractivity contribution in [3.05, 3.63) is 88.9 Å². The van der Waals surface area contributed by atoms with Crippen molar-refractivity contribution in [1.82, 2.24) is 9.88 Å². The number of piperidine rings is 1. The molecule has 1 fully saturated rings. The number of thiazole rings is 1. The third kappa shape index (κ3) is 4.56. The van der Waals surface area contributed by atoms with Gasteiger partial charge in [-0.2, -0.15) is 0 Å². The number of likely N-dealkylation sites (tertiary alicyclic amines) is 1. The van der Waals surface area contributed by atoms with Gasteiger partial charge in [0.2, 0.25) is 0 Å². The van der Waals surface area contributed by atoms with Crippen molar-refractivity contribution < 1.29 is 13.2 Å². The summed E-state index contributed by atoms with van der Waals surface area (Å²) in [6.07, 6.45) is 1.92. The largest absolute Gasteiger partial charge is 0.338 e. The lowest BCUT2D eigenvalue weighted by Crippen LogP contribution is -2.39. The van der Waals surface area contributed by atoms with Gasteiger partial charge in [-0.25, -0.2) is 13.4 Å². The summed E-state index contributed by atoms with van der Waals surface area (Å²) in [7, 11) is -3.74. The first-order valence-electron chi connectivity index (χ1n) is 11.2. The molecule has 8 heteroatoms. The van der Waals surface area contributed by atoms with Gasteiger partial charge in [0, 0.05) is 24.6 Å². The smallest absolute Gasteiger partial charge is 0.261 e. The number of para-hydroxylation sites is 2. The topological polar surface area (TPSA) is 79.4 Å². The summed E-state index contributed by atoms with van der Waals surface area (Å²) in [5.74, 6) is 0.134. The van der Waals surface area contributed by atoms with Gasteiger partial charge in [0.15, 0.2) is 0 Å². The molecule has 0 bridgehead atoms. The number of fused-ring (bicyclic) bond motifs is 1. The van der Waals surface area contributed by atoms with Crippen molar-refractivity contribution in [2.75, 3.05) is 17.8 Å². The SMILES string of the molecule is Cc1ccccc1NS(=O)(=O)c1ccc(C(=O)N2CCCC(c3nc4ccccc4s3)C2)cc1. The number of anilines is 1. The minimum atomic E-state index is -3.74. The minimum Gasteiger partial charge on any atom is -0.338 e. The van der Waals surface area contributed by atoms with E-state index in [4.69, 9.17) is 4.98 Å². The Morgan fingerprint density at radius 1 is 1.03 bits per heavy atom. The van der Waals surface area contributed by atoms with Gasteiger partial charge in [0.25, 0.3) is 15.9 Å². The summed E-state index contributed by atoms with van der Waals surface area (Å²) >= 11 is 1.70. The highest BCUT2D eigenvalue weighted by atomic mass is 32.2. The number of aryl methyl sites for hydroxylation is 1. The van der Waals surface area contributed by atoms with Gasteiger partial charge in [-0.3, -0.25) is 9.52 Å². The molecule has 4 aromatic rings. The molecule has 1 N–H and O–H groups in total. The van der Waals surface area contributed by atoms with Gasteiger partial charge in [0.1, 0.15) is 0 Å². The monoisotopic (exact) mass is 491 g/mol. The zero-order chi connectivity index (χ0) is 23.7. The molecule has 5 rings (SSSR count). The van der Waals surface area contributed by atoms with Crippen molar-refractivity contribution in [3.8, 4) is 0 Å². The van der Waals surface area contributed by atoms with E-state index < -0.39 is 10.0 Å². The lowest BCUT2D eigenvalue weighted by molar-refractivity contribution is 0.0707. The Hall–Kier alpha value is -3.23. The fourth-order valence-corrected chi connectivity index (χ4v) is 6.50. The van der Waals surface area contributed by atoms with Crippen LogP contribution in [0.2, 0.25) is 0 Å². The van der Waals surface area contributed by atoms with Crippen molar-refractivity contribution in [2.45, 2.75) is 30.6 Å². The van der Waals surface area contributed by atoms with Crippen LogP contribution in [0.5, 0.6) is 0 Å². The maximum Gasteiger partial charge on any atom is 0.261 e. The highest BCUT2D eigenvalue weighted by Crippen LogP contribution is 2.33. The molecule has 1 aliphatic heterocycles. The van der Waals surface area contributed by atoms with Gasteiger partial charge in [-0.1, -0.05) is 30.3 Å². The van der Waals surface area contributed by atoms with E-state index in [0.29, 0.717) is 24.3 Å². The quantitative estimate of drug-likeness (QED) is 0.404. The van der Waals surface area contributed by atoms with Crippen LogP contribution >= 0.6 is 11.3 Å². The second-order valence-electron chi connectivity index (χ2n) is 8.55. The molecule has 0 radical (unpaired) electrons. The van der Waals surface area contributed by atoms with Crippen LogP contribution < -0.4 is 4.72 Å². The van der Waals surface area contributed by atoms with E-state index in [-0.39, 0.29) is 16.7 Å². The first-order valence-corrected chi connectivity index (χ1v) is 13.5. The number of nitrogens with zero attached hydrogens (tertiary/aromatic N) is 2. The van der Waals surface area contributed by atoms with Gasteiger partial charge in [-0.05, 0) is 67.8 Å². The molecule has 1 amide bonds. The highest BCUT2D eigenvalue weighted by Gasteiger charge is 2.28. The Labute approximate surface area is 203 Å². The second kappa shape index (κ2) is 9.19. The predicted molar refractivity (Wildman–Crippen MR) is 136 cm³/mol. The average molecular weight is 492 g/mol. The molecule has 0 aliphatic carbocycles. The van der Waals surface area contributed by atoms with E-state index in [2.05, 4.69) is 10.8 Å². The number of nitrogens with one attached hydrogen (secondary N) is 1. The first-order chi connectivity index (χ1) is 16.4. The van der Waals surface area contributed by atoms with Crippen LogP contribution in [0.25, 0.3) is 10.2 Å². The number of hydrogen-bond acceptors (Lipinski definition) is 5. The maximum atomic E-state index is 13.2. The lowest BCUT2D eigenvalue weighted by atomic mass is 9.98. The summed E-state index contributed by atoms with van der Waals surface area (Å²) in [5.41, 5.74) is 2.87. The number of carbonyl (C=O) groups excluding carboxylic acids is 1. The van der Waals surface area contributed by atoms with Crippen LogP contribution in [0.1, 0.15) is 39.7 Å². The summed E-state index contributed by atoms with van der Waals surface area (Å²) in [6, 6.07) is 21.5. The molecule has 2 heterocycles. The number of amides is 1. The molecular weight excluding hydrogens is 466 g/mol. The molecule has 1 saturated heterocycles. The van der Waals surface area contributed by atoms with E-state index in [1.807, 2.05) is 42.2 Å². The van der Waals surface area contributed by atoms with Gasteiger partial charge < -0.3 is 4.90 Å². The molecule has 34 heavy (non-hydrogen) atoms. The van der Waals surface area contributed by atoms with Crippen LogP contribution in [0.4, 0.5) is 5.69 Å². The van der Waals surface area contributed by atoms with Crippen LogP contribution in [-0.4, -0.2) is 37.3 Å². The predicted octanol–water partition coefficient (Wildman–Crippen LogP) is 5.43. The maximum absolute atomic E-state index is 13.2. The summed E-state index contributed by atoms with van der Waals surface area (Å²) < 4.78 is 29.4. The standard InChI is InChI=1S/C26H25N3O3S2/c1-18-7-2-3-9-22(18)28-34(31,32)21-14-12-19(13-15-21)26(30)29-16-6-8-20(17-29)25-27-23-10-4-5-11-24(23)33-25/h2-5,7,9-15,20,28H,6,8,16-17H2,1H3. The average Bonchev–Trinajstić information content (AvgIpc) is 3.30. The molecule has 3 aromatic carbocycles. The highest BCUT2D eigenvalue weighted by molar-refractivity contribution is 7.92. The summed E-state index contributed by atoms with van der Waals surface area (Å²) in [4.78, 5) is 20.0. The molecule has 174 valence electrons. The Morgan fingerprint density at radius 3 is 2.53 bits per heavy atom. The molecule has 1 aliphatic rings. The zero-order valence-corrected chi connectivity index (χ0v) is 20.4. The lowest BCUT2D eigenvalue weighted by Gasteiger charge is -2.32. The minimum absolute atomic E-state index is 0.0818. The number of sulfonamides is 1. The molecule has 0 saturated carbocycles. The Balaban J connectivity index is 1.30. The number of rotatable bonds is 5. The number of benzene rings is 3. The molecule has 0 spiro atoms. The number of carbonyl (C=O) groups is 1. The van der Waals surface area contributed by atoms with Crippen LogP contribution in [-0.2, 0) is 10.0 Å². The first kappa shape index (κ1) is 22.6. The van der Waals surface area contributed by atoms with Gasteiger partial charge >= 0.3 is 0 Å². The van der Waals surface area contributed by atoms with Crippen LogP contribution in [0.15, 0.2) is 77.7 Å². The normalized spacial score (nSPS) is 16.5. The van der Waals surface area contributed by atoms with E-state index >= 15 is 0 Å². The van der Waals surface area contributed by atoms with Crippen LogP contribution in [0, 0.1) is 6.92 Å². The van der Waals surface area contributed by atoms with Gasteiger partial charge in [0.05, 0.1) is 25.8 Å². The third-order valence-electron chi connectivity index (χ3n) is 6.17. The van der Waals surface area contributed by atoms with E-state index in [1.54, 1.807) is 35.6 Å². The third-order valence-corrected chi connectivity index (χ3v) is 8.75. The summed E-state index contributed by atoms with van der Waals surface area (Å²) in [6.45, 7) is 3.16. The fourth-order valence-electron chi connectivity index (χ4n) is 4.28. The van der Waals surface area contributed by atoms with Crippen molar-refractivity contribution in [3.63, 3.8) is 0 Å². The Bertz CT molecular complexity index is 1410.